The summed E-state index contributed by atoms with van der Waals surface area (Å²) in [7, 11) is 0. The highest BCUT2D eigenvalue weighted by Crippen LogP contribution is 2.17. The average molecular weight is 286 g/mol. The number of esters is 1. The van der Waals surface area contributed by atoms with E-state index < -0.39 is 0 Å². The van der Waals surface area contributed by atoms with E-state index in [0.717, 1.165) is 24.8 Å². The molecule has 2 N–H and O–H groups in total. The Morgan fingerprint density at radius 2 is 1.84 bits per heavy atom. The number of halogens is 1. The Balaban J connectivity index is 0.00000324. The number of benzene rings is 1. The molecule has 0 fully saturated rings. The highest BCUT2D eigenvalue weighted by atomic mass is 35.5. The lowest BCUT2D eigenvalue weighted by Gasteiger charge is -2.12. The number of carbonyl (C=O) groups is 1. The van der Waals surface area contributed by atoms with Crippen molar-refractivity contribution in [1.82, 2.24) is 0 Å². The molecule has 0 unspecified atom stereocenters. The van der Waals surface area contributed by atoms with Gasteiger partial charge in [0.1, 0.15) is 0 Å². The van der Waals surface area contributed by atoms with Gasteiger partial charge >= 0.3 is 5.97 Å². The predicted molar refractivity (Wildman–Crippen MR) is 80.7 cm³/mol. The zero-order valence-corrected chi connectivity index (χ0v) is 12.7. The van der Waals surface area contributed by atoms with Gasteiger partial charge in [-0.3, -0.25) is 0 Å². The van der Waals surface area contributed by atoms with Crippen LogP contribution < -0.4 is 5.73 Å². The Hall–Kier alpha value is -1.06. The second-order valence-corrected chi connectivity index (χ2v) is 4.82. The number of hydrogen-bond donors (Lipinski definition) is 1. The normalized spacial score (nSPS) is 11.8. The highest BCUT2D eigenvalue weighted by Gasteiger charge is 2.10. The summed E-state index contributed by atoms with van der Waals surface area (Å²) in [6.07, 6.45) is 3.15. The van der Waals surface area contributed by atoms with Gasteiger partial charge in [0, 0.05) is 6.04 Å². The second-order valence-electron chi connectivity index (χ2n) is 4.82. The van der Waals surface area contributed by atoms with Gasteiger partial charge in [-0.2, -0.15) is 0 Å². The van der Waals surface area contributed by atoms with Crippen molar-refractivity contribution < 1.29 is 9.53 Å². The highest BCUT2D eigenvalue weighted by molar-refractivity contribution is 5.89. The number of ether oxygens (including phenoxy) is 1. The summed E-state index contributed by atoms with van der Waals surface area (Å²) in [5, 5.41) is 0. The van der Waals surface area contributed by atoms with Gasteiger partial charge in [0.15, 0.2) is 0 Å². The van der Waals surface area contributed by atoms with Crippen LogP contribution in [0.3, 0.4) is 0 Å². The summed E-state index contributed by atoms with van der Waals surface area (Å²) in [6, 6.07) is 7.45. The first-order valence-electron chi connectivity index (χ1n) is 6.61. The molecule has 0 spiro atoms. The summed E-state index contributed by atoms with van der Waals surface area (Å²) < 4.78 is 5.13. The number of rotatable bonds is 6. The topological polar surface area (TPSA) is 52.3 Å². The van der Waals surface area contributed by atoms with E-state index in [1.54, 1.807) is 12.1 Å². The van der Waals surface area contributed by atoms with E-state index in [-0.39, 0.29) is 30.5 Å². The molecular weight excluding hydrogens is 262 g/mol. The van der Waals surface area contributed by atoms with Gasteiger partial charge in [-0.15, -0.1) is 12.4 Å². The third kappa shape index (κ3) is 6.08. The standard InChI is InChI=1S/C15H23NO2.ClH/c1-4-5-6-14(16)12-7-9-13(10-8-12)15(17)18-11(2)3;/h7-11,14H,4-6,16H2,1-3H3;1H/t14-;/m1./s1. The number of unbranched alkanes of at least 4 members (excludes halogenated alkanes) is 1. The molecule has 0 radical (unpaired) electrons. The smallest absolute Gasteiger partial charge is 0.338 e. The van der Waals surface area contributed by atoms with Crippen molar-refractivity contribution in [2.45, 2.75) is 52.2 Å². The van der Waals surface area contributed by atoms with E-state index in [1.807, 2.05) is 26.0 Å². The van der Waals surface area contributed by atoms with Gasteiger partial charge in [-0.25, -0.2) is 4.79 Å². The van der Waals surface area contributed by atoms with Crippen LogP contribution in [0, 0.1) is 0 Å². The van der Waals surface area contributed by atoms with E-state index in [4.69, 9.17) is 10.5 Å². The van der Waals surface area contributed by atoms with E-state index in [1.165, 1.54) is 0 Å². The Morgan fingerprint density at radius 1 is 1.26 bits per heavy atom. The maximum atomic E-state index is 11.7. The molecule has 0 aliphatic heterocycles. The molecule has 1 aromatic rings. The van der Waals surface area contributed by atoms with Crippen LogP contribution in [0.25, 0.3) is 0 Å². The van der Waals surface area contributed by atoms with Crippen LogP contribution in [-0.2, 0) is 4.74 Å². The average Bonchev–Trinajstić information content (AvgIpc) is 2.35. The monoisotopic (exact) mass is 285 g/mol. The molecule has 0 aliphatic carbocycles. The predicted octanol–water partition coefficient (Wildman–Crippen LogP) is 3.86. The third-order valence-corrected chi connectivity index (χ3v) is 2.79. The van der Waals surface area contributed by atoms with Crippen LogP contribution in [0.5, 0.6) is 0 Å². The molecule has 0 heterocycles. The first-order chi connectivity index (χ1) is 8.54. The fourth-order valence-electron chi connectivity index (χ4n) is 1.74. The molecule has 19 heavy (non-hydrogen) atoms. The zero-order valence-electron chi connectivity index (χ0n) is 11.9. The van der Waals surface area contributed by atoms with E-state index in [2.05, 4.69) is 6.92 Å². The fraction of sp³-hybridized carbons (Fsp3) is 0.533. The van der Waals surface area contributed by atoms with Gasteiger partial charge in [0.05, 0.1) is 11.7 Å². The van der Waals surface area contributed by atoms with E-state index in [9.17, 15) is 4.79 Å². The van der Waals surface area contributed by atoms with E-state index >= 15 is 0 Å². The van der Waals surface area contributed by atoms with Gasteiger partial charge in [0.25, 0.3) is 0 Å². The van der Waals surface area contributed by atoms with Crippen molar-refractivity contribution in [1.29, 1.82) is 0 Å². The van der Waals surface area contributed by atoms with Crippen LogP contribution >= 0.6 is 12.4 Å². The van der Waals surface area contributed by atoms with Crippen molar-refractivity contribution in [3.8, 4) is 0 Å². The van der Waals surface area contributed by atoms with E-state index in [0.29, 0.717) is 5.56 Å². The summed E-state index contributed by atoms with van der Waals surface area (Å²) >= 11 is 0. The fourth-order valence-corrected chi connectivity index (χ4v) is 1.74. The maximum Gasteiger partial charge on any atom is 0.338 e. The SMILES string of the molecule is CCCC[C@@H](N)c1ccc(C(=O)OC(C)C)cc1.Cl. The molecule has 0 aromatic heterocycles. The lowest BCUT2D eigenvalue weighted by molar-refractivity contribution is 0.0378. The van der Waals surface area contributed by atoms with Crippen LogP contribution in [0.15, 0.2) is 24.3 Å². The summed E-state index contributed by atoms with van der Waals surface area (Å²) in [5.41, 5.74) is 7.72. The van der Waals surface area contributed by atoms with Crippen molar-refractivity contribution in [2.24, 2.45) is 5.73 Å². The minimum absolute atomic E-state index is 0. The molecule has 0 saturated heterocycles. The van der Waals surface area contributed by atoms with Gasteiger partial charge < -0.3 is 10.5 Å². The summed E-state index contributed by atoms with van der Waals surface area (Å²) in [4.78, 5) is 11.7. The zero-order chi connectivity index (χ0) is 13.5. The van der Waals surface area contributed by atoms with Crippen LogP contribution in [0.1, 0.15) is 62.0 Å². The molecule has 3 nitrogen and oxygen atoms in total. The molecule has 1 aromatic carbocycles. The number of carbonyl (C=O) groups excluding carboxylic acids is 1. The molecule has 108 valence electrons. The van der Waals surface area contributed by atoms with Crippen LogP contribution in [0.2, 0.25) is 0 Å². The Bertz CT molecular complexity index is 376. The van der Waals surface area contributed by atoms with Crippen LogP contribution in [0.4, 0.5) is 0 Å². The van der Waals surface area contributed by atoms with Gasteiger partial charge in [-0.1, -0.05) is 31.9 Å². The quantitative estimate of drug-likeness (QED) is 0.808. The number of nitrogens with two attached hydrogens (primary N) is 1. The third-order valence-electron chi connectivity index (χ3n) is 2.79. The van der Waals surface area contributed by atoms with Crippen LogP contribution in [-0.4, -0.2) is 12.1 Å². The molecule has 4 heteroatoms. The Kier molecular flexibility index (Phi) is 8.44. The lowest BCUT2D eigenvalue weighted by atomic mass is 10.0. The molecule has 0 amide bonds. The second kappa shape index (κ2) is 8.94. The first kappa shape index (κ1) is 17.9. The molecular formula is C15H24ClNO2. The van der Waals surface area contributed by atoms with Gasteiger partial charge in [-0.05, 0) is 38.0 Å². The maximum absolute atomic E-state index is 11.7. The Morgan fingerprint density at radius 3 is 2.32 bits per heavy atom. The summed E-state index contributed by atoms with van der Waals surface area (Å²) in [6.45, 7) is 5.83. The first-order valence-corrected chi connectivity index (χ1v) is 6.61. The molecule has 1 rings (SSSR count). The summed E-state index contributed by atoms with van der Waals surface area (Å²) in [5.74, 6) is -0.279. The minimum Gasteiger partial charge on any atom is -0.459 e. The van der Waals surface area contributed by atoms with Crippen molar-refractivity contribution >= 4 is 18.4 Å². The molecule has 1 atom stereocenters. The molecule has 0 bridgehead atoms. The van der Waals surface area contributed by atoms with Crippen molar-refractivity contribution in [2.75, 3.05) is 0 Å². The Labute approximate surface area is 121 Å². The van der Waals surface area contributed by atoms with Crippen molar-refractivity contribution in [3.63, 3.8) is 0 Å². The van der Waals surface area contributed by atoms with Gasteiger partial charge in [0.2, 0.25) is 0 Å². The minimum atomic E-state index is -0.279. The van der Waals surface area contributed by atoms with Crippen molar-refractivity contribution in [3.05, 3.63) is 35.4 Å². The largest absolute Gasteiger partial charge is 0.459 e. The molecule has 0 saturated carbocycles. The lowest BCUT2D eigenvalue weighted by Crippen LogP contribution is -2.13. The molecule has 0 aliphatic rings. The number of hydrogen-bond acceptors (Lipinski definition) is 3.